The first-order chi connectivity index (χ1) is 10.7. The number of hydrogen-bond acceptors (Lipinski definition) is 5. The lowest BCUT2D eigenvalue weighted by Crippen LogP contribution is -2.52. The van der Waals surface area contributed by atoms with Gasteiger partial charge in [-0.15, -0.1) is 0 Å². The molecule has 2 N–H and O–H groups in total. The summed E-state index contributed by atoms with van der Waals surface area (Å²) in [6, 6.07) is 5.01. The summed E-state index contributed by atoms with van der Waals surface area (Å²) in [6.45, 7) is 10.7. The summed E-state index contributed by atoms with van der Waals surface area (Å²) in [6.07, 6.45) is 0.962. The lowest BCUT2D eigenvalue weighted by molar-refractivity contribution is -0.385. The second kappa shape index (κ2) is 6.84. The highest BCUT2D eigenvalue weighted by Crippen LogP contribution is 2.31. The van der Waals surface area contributed by atoms with E-state index in [0.717, 1.165) is 30.8 Å². The molecule has 1 saturated heterocycles. The molecule has 0 spiro atoms. The second-order valence-electron chi connectivity index (χ2n) is 7.31. The molecule has 1 unspecified atom stereocenters. The average Bonchev–Trinajstić information content (AvgIpc) is 2.43. The average molecular weight is 321 g/mol. The zero-order valence-electron chi connectivity index (χ0n) is 14.4. The summed E-state index contributed by atoms with van der Waals surface area (Å²) >= 11 is 0. The Morgan fingerprint density at radius 2 is 2.17 bits per heavy atom. The molecule has 6 nitrogen and oxygen atoms in total. The van der Waals surface area contributed by atoms with Crippen molar-refractivity contribution in [1.29, 1.82) is 0 Å². The molecule has 1 heterocycles. The molecular formula is C17H27N3O3. The van der Waals surface area contributed by atoms with E-state index in [9.17, 15) is 10.1 Å². The van der Waals surface area contributed by atoms with E-state index in [-0.39, 0.29) is 28.2 Å². The minimum Gasteiger partial charge on any atom is -0.491 e. The molecule has 1 fully saturated rings. The number of nitro benzene ring substituents is 1. The molecule has 2 rings (SSSR count). The molecule has 1 aromatic rings. The normalized spacial score (nSPS) is 21.4. The number of rotatable bonds is 5. The van der Waals surface area contributed by atoms with Crippen molar-refractivity contribution in [2.24, 2.45) is 11.1 Å². The van der Waals surface area contributed by atoms with Crippen LogP contribution in [-0.2, 0) is 6.54 Å². The third-order valence-electron chi connectivity index (χ3n) is 4.40. The number of nitrogens with zero attached hydrogens (tertiary/aromatic N) is 2. The summed E-state index contributed by atoms with van der Waals surface area (Å²) in [5.74, 6) is 0.721. The van der Waals surface area contributed by atoms with Crippen molar-refractivity contribution >= 4 is 5.69 Å². The predicted octanol–water partition coefficient (Wildman–Crippen LogP) is 2.94. The number of nitrogens with two attached hydrogens (primary N) is 1. The van der Waals surface area contributed by atoms with Gasteiger partial charge in [0.05, 0.1) is 11.0 Å². The van der Waals surface area contributed by atoms with Gasteiger partial charge >= 0.3 is 0 Å². The Balaban J connectivity index is 2.22. The van der Waals surface area contributed by atoms with E-state index in [2.05, 4.69) is 18.7 Å². The lowest BCUT2D eigenvalue weighted by Gasteiger charge is -2.42. The Morgan fingerprint density at radius 1 is 1.48 bits per heavy atom. The van der Waals surface area contributed by atoms with E-state index >= 15 is 0 Å². The Bertz CT molecular complexity index is 572. The maximum absolute atomic E-state index is 11.1. The van der Waals surface area contributed by atoms with Crippen molar-refractivity contribution in [3.8, 4) is 5.75 Å². The van der Waals surface area contributed by atoms with E-state index in [1.807, 2.05) is 13.8 Å². The first-order valence-corrected chi connectivity index (χ1v) is 8.11. The van der Waals surface area contributed by atoms with E-state index in [1.54, 1.807) is 12.1 Å². The molecule has 0 amide bonds. The molecule has 0 aliphatic carbocycles. The van der Waals surface area contributed by atoms with Gasteiger partial charge in [0, 0.05) is 43.4 Å². The number of non-ortho nitro benzene ring substituents is 1. The second-order valence-corrected chi connectivity index (χ2v) is 7.31. The topological polar surface area (TPSA) is 81.6 Å². The standard InChI is InChI=1S/C17H27N3O3/c1-12(2)23-15-6-5-14(20(21)22)9-13(15)10-19-8-7-16(18)17(3,4)11-19/h5-6,9,12,16H,7-8,10-11,18H2,1-4H3. The molecule has 1 aliphatic heterocycles. The molecule has 0 radical (unpaired) electrons. The van der Waals surface area contributed by atoms with Crippen LogP contribution in [0.2, 0.25) is 0 Å². The molecule has 128 valence electrons. The minimum atomic E-state index is -0.362. The largest absolute Gasteiger partial charge is 0.491 e. The van der Waals surface area contributed by atoms with Gasteiger partial charge in [-0.05, 0) is 31.7 Å². The molecule has 0 bridgehead atoms. The molecule has 0 saturated carbocycles. The Hall–Kier alpha value is -1.66. The zero-order valence-corrected chi connectivity index (χ0v) is 14.4. The molecular weight excluding hydrogens is 294 g/mol. The van der Waals surface area contributed by atoms with Crippen LogP contribution in [0.1, 0.15) is 39.7 Å². The van der Waals surface area contributed by atoms with Gasteiger partial charge < -0.3 is 10.5 Å². The molecule has 1 aromatic carbocycles. The zero-order chi connectivity index (χ0) is 17.2. The van der Waals surface area contributed by atoms with Crippen LogP contribution in [0, 0.1) is 15.5 Å². The number of ether oxygens (including phenoxy) is 1. The van der Waals surface area contributed by atoms with Crippen LogP contribution < -0.4 is 10.5 Å². The van der Waals surface area contributed by atoms with Crippen molar-refractivity contribution in [1.82, 2.24) is 4.90 Å². The van der Waals surface area contributed by atoms with Gasteiger partial charge in [-0.1, -0.05) is 13.8 Å². The Labute approximate surface area is 137 Å². The van der Waals surface area contributed by atoms with Crippen LogP contribution in [0.4, 0.5) is 5.69 Å². The number of benzene rings is 1. The minimum absolute atomic E-state index is 0.0291. The van der Waals surface area contributed by atoms with E-state index in [1.165, 1.54) is 6.07 Å². The van der Waals surface area contributed by atoms with Gasteiger partial charge in [-0.3, -0.25) is 15.0 Å². The summed E-state index contributed by atoms with van der Waals surface area (Å²) < 4.78 is 5.82. The molecule has 6 heteroatoms. The van der Waals surface area contributed by atoms with Gasteiger partial charge in [0.2, 0.25) is 0 Å². The maximum Gasteiger partial charge on any atom is 0.270 e. The summed E-state index contributed by atoms with van der Waals surface area (Å²) in [5, 5.41) is 11.1. The van der Waals surface area contributed by atoms with Gasteiger partial charge in [0.25, 0.3) is 5.69 Å². The van der Waals surface area contributed by atoms with E-state index in [0.29, 0.717) is 6.54 Å². The van der Waals surface area contributed by atoms with Gasteiger partial charge in [0.1, 0.15) is 5.75 Å². The summed E-state index contributed by atoms with van der Waals surface area (Å²) in [4.78, 5) is 13.0. The SMILES string of the molecule is CC(C)Oc1ccc([N+](=O)[O-])cc1CN1CCC(N)C(C)(C)C1. The summed E-state index contributed by atoms with van der Waals surface area (Å²) in [7, 11) is 0. The van der Waals surface area contributed by atoms with Crippen LogP contribution >= 0.6 is 0 Å². The third kappa shape index (κ3) is 4.42. The Morgan fingerprint density at radius 3 is 2.74 bits per heavy atom. The van der Waals surface area contributed by atoms with Crippen molar-refractivity contribution in [3.05, 3.63) is 33.9 Å². The van der Waals surface area contributed by atoms with Crippen molar-refractivity contribution < 1.29 is 9.66 Å². The highest BCUT2D eigenvalue weighted by atomic mass is 16.6. The smallest absolute Gasteiger partial charge is 0.270 e. The number of likely N-dealkylation sites (tertiary alicyclic amines) is 1. The van der Waals surface area contributed by atoms with E-state index in [4.69, 9.17) is 10.5 Å². The Kier molecular flexibility index (Phi) is 5.26. The van der Waals surface area contributed by atoms with Crippen LogP contribution in [0.3, 0.4) is 0 Å². The highest BCUT2D eigenvalue weighted by molar-refractivity contribution is 5.44. The van der Waals surface area contributed by atoms with Gasteiger partial charge in [-0.2, -0.15) is 0 Å². The van der Waals surface area contributed by atoms with E-state index < -0.39 is 0 Å². The van der Waals surface area contributed by atoms with Crippen molar-refractivity contribution in [3.63, 3.8) is 0 Å². The van der Waals surface area contributed by atoms with Gasteiger partial charge in [0.15, 0.2) is 0 Å². The fraction of sp³-hybridized carbons (Fsp3) is 0.647. The summed E-state index contributed by atoms with van der Waals surface area (Å²) in [5.41, 5.74) is 7.19. The number of piperidine rings is 1. The molecule has 1 atom stereocenters. The fourth-order valence-electron chi connectivity index (χ4n) is 3.03. The van der Waals surface area contributed by atoms with Crippen LogP contribution in [0.25, 0.3) is 0 Å². The lowest BCUT2D eigenvalue weighted by atomic mass is 9.79. The van der Waals surface area contributed by atoms with Crippen LogP contribution in [0.5, 0.6) is 5.75 Å². The fourth-order valence-corrected chi connectivity index (χ4v) is 3.03. The first-order valence-electron chi connectivity index (χ1n) is 8.11. The molecule has 23 heavy (non-hydrogen) atoms. The monoisotopic (exact) mass is 321 g/mol. The number of nitro groups is 1. The predicted molar refractivity (Wildman–Crippen MR) is 90.5 cm³/mol. The molecule has 0 aromatic heterocycles. The highest BCUT2D eigenvalue weighted by Gasteiger charge is 2.33. The van der Waals surface area contributed by atoms with Gasteiger partial charge in [-0.25, -0.2) is 0 Å². The van der Waals surface area contributed by atoms with Crippen LogP contribution in [0.15, 0.2) is 18.2 Å². The van der Waals surface area contributed by atoms with Crippen molar-refractivity contribution in [2.45, 2.75) is 52.8 Å². The quantitative estimate of drug-likeness (QED) is 0.666. The maximum atomic E-state index is 11.1. The number of hydrogen-bond donors (Lipinski definition) is 1. The van der Waals surface area contributed by atoms with Crippen LogP contribution in [-0.4, -0.2) is 35.1 Å². The third-order valence-corrected chi connectivity index (χ3v) is 4.40. The molecule has 1 aliphatic rings. The first kappa shape index (κ1) is 17.7. The van der Waals surface area contributed by atoms with Crippen molar-refractivity contribution in [2.75, 3.05) is 13.1 Å².